The van der Waals surface area contributed by atoms with Crippen LogP contribution in [0, 0.1) is 6.92 Å². The van der Waals surface area contributed by atoms with Crippen LogP contribution in [0.4, 0.5) is 5.95 Å². The maximum atomic E-state index is 5.49. The van der Waals surface area contributed by atoms with Crippen molar-refractivity contribution in [3.05, 3.63) is 18.0 Å². The van der Waals surface area contributed by atoms with Crippen molar-refractivity contribution in [3.63, 3.8) is 0 Å². The van der Waals surface area contributed by atoms with Gasteiger partial charge in [0.1, 0.15) is 0 Å². The van der Waals surface area contributed by atoms with Gasteiger partial charge in [0.15, 0.2) is 0 Å². The van der Waals surface area contributed by atoms with Gasteiger partial charge in [0.05, 0.1) is 6.10 Å². The first-order valence-corrected chi connectivity index (χ1v) is 5.45. The van der Waals surface area contributed by atoms with Crippen molar-refractivity contribution in [2.75, 3.05) is 11.9 Å². The smallest absolute Gasteiger partial charge is 0.223 e. The summed E-state index contributed by atoms with van der Waals surface area (Å²) in [5.41, 5.74) is 0.994. The average molecular weight is 207 g/mol. The lowest BCUT2D eigenvalue weighted by Crippen LogP contribution is -2.41. The molecule has 0 aromatic carbocycles. The predicted octanol–water partition coefficient (Wildman–Crippen LogP) is 1.76. The maximum absolute atomic E-state index is 5.49. The Labute approximate surface area is 90.1 Å². The maximum Gasteiger partial charge on any atom is 0.223 e. The van der Waals surface area contributed by atoms with Gasteiger partial charge in [-0.3, -0.25) is 0 Å². The third-order valence-electron chi connectivity index (χ3n) is 2.63. The van der Waals surface area contributed by atoms with E-state index >= 15 is 0 Å². The minimum absolute atomic E-state index is 0.428. The monoisotopic (exact) mass is 207 g/mol. The van der Waals surface area contributed by atoms with Gasteiger partial charge >= 0.3 is 0 Å². The second kappa shape index (κ2) is 4.57. The van der Waals surface area contributed by atoms with Crippen molar-refractivity contribution in [3.8, 4) is 0 Å². The van der Waals surface area contributed by atoms with E-state index < -0.39 is 0 Å². The van der Waals surface area contributed by atoms with Crippen LogP contribution in [0.1, 0.15) is 25.5 Å². The molecule has 0 amide bonds. The molecule has 1 aromatic heterocycles. The molecule has 0 unspecified atom stereocenters. The SMILES string of the molecule is CCOC1CC(Nc2nccc(C)n2)C1. The van der Waals surface area contributed by atoms with Crippen LogP contribution in [-0.2, 0) is 4.74 Å². The highest BCUT2D eigenvalue weighted by Gasteiger charge is 2.29. The lowest BCUT2D eigenvalue weighted by molar-refractivity contribution is 0.00285. The van der Waals surface area contributed by atoms with E-state index in [1.165, 1.54) is 0 Å². The zero-order chi connectivity index (χ0) is 10.7. The molecular weight excluding hydrogens is 190 g/mol. The topological polar surface area (TPSA) is 47.0 Å². The van der Waals surface area contributed by atoms with Gasteiger partial charge in [-0.05, 0) is 32.8 Å². The summed E-state index contributed by atoms with van der Waals surface area (Å²) in [5.74, 6) is 0.731. The van der Waals surface area contributed by atoms with E-state index in [-0.39, 0.29) is 0 Å². The third-order valence-corrected chi connectivity index (χ3v) is 2.63. The summed E-state index contributed by atoms with van der Waals surface area (Å²) in [7, 11) is 0. The highest BCUT2D eigenvalue weighted by molar-refractivity contribution is 5.27. The Kier molecular flexibility index (Phi) is 3.16. The van der Waals surface area contributed by atoms with Crippen molar-refractivity contribution in [1.82, 2.24) is 9.97 Å². The molecule has 1 aliphatic rings. The summed E-state index contributed by atoms with van der Waals surface area (Å²) < 4.78 is 5.49. The number of anilines is 1. The van der Waals surface area contributed by atoms with Crippen LogP contribution in [0.15, 0.2) is 12.3 Å². The molecule has 82 valence electrons. The molecule has 4 nitrogen and oxygen atoms in total. The zero-order valence-electron chi connectivity index (χ0n) is 9.23. The van der Waals surface area contributed by atoms with E-state index in [1.807, 2.05) is 19.9 Å². The van der Waals surface area contributed by atoms with Crippen molar-refractivity contribution < 1.29 is 4.74 Å². The van der Waals surface area contributed by atoms with Crippen LogP contribution < -0.4 is 5.32 Å². The number of rotatable bonds is 4. The molecule has 0 bridgehead atoms. The minimum atomic E-state index is 0.428. The first kappa shape index (κ1) is 10.4. The molecule has 0 aliphatic heterocycles. The predicted molar refractivity (Wildman–Crippen MR) is 58.8 cm³/mol. The molecule has 4 heteroatoms. The van der Waals surface area contributed by atoms with Crippen LogP contribution >= 0.6 is 0 Å². The highest BCUT2D eigenvalue weighted by atomic mass is 16.5. The van der Waals surface area contributed by atoms with Crippen LogP contribution in [0.25, 0.3) is 0 Å². The Bertz CT molecular complexity index is 323. The number of nitrogens with one attached hydrogen (secondary N) is 1. The van der Waals surface area contributed by atoms with Crippen LogP contribution in [0.3, 0.4) is 0 Å². The van der Waals surface area contributed by atoms with E-state index in [4.69, 9.17) is 4.74 Å². The van der Waals surface area contributed by atoms with Crippen LogP contribution in [-0.4, -0.2) is 28.7 Å². The number of hydrogen-bond donors (Lipinski definition) is 1. The molecule has 0 saturated heterocycles. The summed E-state index contributed by atoms with van der Waals surface area (Å²) in [6.45, 7) is 4.80. The lowest BCUT2D eigenvalue weighted by atomic mass is 9.89. The van der Waals surface area contributed by atoms with Crippen molar-refractivity contribution >= 4 is 5.95 Å². The number of aromatic nitrogens is 2. The summed E-state index contributed by atoms with van der Waals surface area (Å²) in [6.07, 6.45) is 4.33. The molecule has 0 radical (unpaired) electrons. The van der Waals surface area contributed by atoms with Gasteiger partial charge in [-0.25, -0.2) is 9.97 Å². The number of hydrogen-bond acceptors (Lipinski definition) is 4. The van der Waals surface area contributed by atoms with Crippen LogP contribution in [0.5, 0.6) is 0 Å². The molecule has 15 heavy (non-hydrogen) atoms. The molecule has 2 rings (SSSR count). The third kappa shape index (κ3) is 2.65. The Morgan fingerprint density at radius 1 is 1.53 bits per heavy atom. The van der Waals surface area contributed by atoms with Gasteiger partial charge in [-0.1, -0.05) is 0 Å². The van der Waals surface area contributed by atoms with Gasteiger partial charge in [0, 0.05) is 24.5 Å². The summed E-state index contributed by atoms with van der Waals surface area (Å²) in [5, 5.41) is 3.31. The van der Waals surface area contributed by atoms with Gasteiger partial charge in [-0.2, -0.15) is 0 Å². The molecule has 1 fully saturated rings. The van der Waals surface area contributed by atoms with E-state index in [9.17, 15) is 0 Å². The lowest BCUT2D eigenvalue weighted by Gasteiger charge is -2.35. The second-order valence-corrected chi connectivity index (χ2v) is 3.91. The first-order chi connectivity index (χ1) is 7.28. The quantitative estimate of drug-likeness (QED) is 0.817. The average Bonchev–Trinajstić information content (AvgIpc) is 2.15. The van der Waals surface area contributed by atoms with E-state index in [2.05, 4.69) is 15.3 Å². The molecule has 1 aromatic rings. The van der Waals surface area contributed by atoms with Gasteiger partial charge in [0.25, 0.3) is 0 Å². The largest absolute Gasteiger partial charge is 0.378 e. The van der Waals surface area contributed by atoms with Crippen molar-refractivity contribution in [2.24, 2.45) is 0 Å². The molecule has 1 heterocycles. The Morgan fingerprint density at radius 2 is 2.33 bits per heavy atom. The standard InChI is InChI=1S/C11H17N3O/c1-3-15-10-6-9(7-10)14-11-12-5-4-8(2)13-11/h4-5,9-10H,3,6-7H2,1-2H3,(H,12,13,14). The summed E-state index contributed by atoms with van der Waals surface area (Å²) in [6, 6.07) is 2.37. The summed E-state index contributed by atoms with van der Waals surface area (Å²) >= 11 is 0. The fourth-order valence-corrected chi connectivity index (χ4v) is 1.76. The Morgan fingerprint density at radius 3 is 3.00 bits per heavy atom. The molecule has 1 aliphatic carbocycles. The number of nitrogens with zero attached hydrogens (tertiary/aromatic N) is 2. The normalized spacial score (nSPS) is 24.7. The van der Waals surface area contributed by atoms with Crippen molar-refractivity contribution in [1.29, 1.82) is 0 Å². The van der Waals surface area contributed by atoms with Crippen molar-refractivity contribution in [2.45, 2.75) is 38.8 Å². The Hall–Kier alpha value is -1.16. The molecule has 1 N–H and O–H groups in total. The fraction of sp³-hybridized carbons (Fsp3) is 0.636. The van der Waals surface area contributed by atoms with E-state index in [1.54, 1.807) is 6.20 Å². The van der Waals surface area contributed by atoms with Crippen LogP contribution in [0.2, 0.25) is 0 Å². The molecule has 1 saturated carbocycles. The highest BCUT2D eigenvalue weighted by Crippen LogP contribution is 2.25. The number of ether oxygens (including phenoxy) is 1. The minimum Gasteiger partial charge on any atom is -0.378 e. The Balaban J connectivity index is 1.80. The van der Waals surface area contributed by atoms with E-state index in [0.717, 1.165) is 31.1 Å². The van der Waals surface area contributed by atoms with Gasteiger partial charge in [0.2, 0.25) is 5.95 Å². The van der Waals surface area contributed by atoms with Gasteiger partial charge < -0.3 is 10.1 Å². The molecular formula is C11H17N3O. The summed E-state index contributed by atoms with van der Waals surface area (Å²) in [4.78, 5) is 8.47. The zero-order valence-corrected chi connectivity index (χ0v) is 9.23. The fourth-order valence-electron chi connectivity index (χ4n) is 1.76. The first-order valence-electron chi connectivity index (χ1n) is 5.45. The molecule has 0 atom stereocenters. The van der Waals surface area contributed by atoms with E-state index in [0.29, 0.717) is 12.1 Å². The molecule has 0 spiro atoms. The number of aryl methyl sites for hydroxylation is 1. The van der Waals surface area contributed by atoms with Gasteiger partial charge in [-0.15, -0.1) is 0 Å². The second-order valence-electron chi connectivity index (χ2n) is 3.91.